The molecular formula is C16H21N3O4. The van der Waals surface area contributed by atoms with Gasteiger partial charge in [-0.15, -0.1) is 0 Å². The van der Waals surface area contributed by atoms with Crippen LogP contribution in [0.5, 0.6) is 0 Å². The van der Waals surface area contributed by atoms with Gasteiger partial charge in [-0.25, -0.2) is 0 Å². The van der Waals surface area contributed by atoms with Crippen LogP contribution in [0.1, 0.15) is 35.0 Å². The van der Waals surface area contributed by atoms with Crippen LogP contribution in [0.25, 0.3) is 0 Å². The number of ether oxygens (including phenoxy) is 1. The average molecular weight is 319 g/mol. The Morgan fingerprint density at radius 2 is 2.22 bits per heavy atom. The second kappa shape index (κ2) is 5.63. The lowest BCUT2D eigenvalue weighted by atomic mass is 10.0. The predicted octanol–water partition coefficient (Wildman–Crippen LogP) is 0.729. The number of hydrogen-bond acceptors (Lipinski definition) is 5. The molecule has 0 aromatic carbocycles. The quantitative estimate of drug-likeness (QED) is 0.800. The third kappa shape index (κ3) is 2.63. The van der Waals surface area contributed by atoms with E-state index in [0.29, 0.717) is 44.4 Å². The van der Waals surface area contributed by atoms with Crippen molar-refractivity contribution < 1.29 is 18.8 Å². The zero-order valence-electron chi connectivity index (χ0n) is 13.2. The normalized spacial score (nSPS) is 26.9. The Hall–Kier alpha value is -1.89. The van der Waals surface area contributed by atoms with Crippen LogP contribution in [0.15, 0.2) is 10.6 Å². The van der Waals surface area contributed by atoms with Gasteiger partial charge in [-0.3, -0.25) is 9.59 Å². The summed E-state index contributed by atoms with van der Waals surface area (Å²) in [6.45, 7) is 2.99. The Bertz CT molecular complexity index is 625. The summed E-state index contributed by atoms with van der Waals surface area (Å²) in [6.07, 6.45) is 2.23. The summed E-state index contributed by atoms with van der Waals surface area (Å²) in [5.74, 6) is 1.42. The Labute approximate surface area is 134 Å². The van der Waals surface area contributed by atoms with Crippen molar-refractivity contribution in [3.05, 3.63) is 17.5 Å². The fourth-order valence-electron chi connectivity index (χ4n) is 3.62. The van der Waals surface area contributed by atoms with E-state index in [9.17, 15) is 9.59 Å². The van der Waals surface area contributed by atoms with Crippen LogP contribution in [-0.4, -0.2) is 66.7 Å². The molecule has 2 saturated heterocycles. The second-order valence-corrected chi connectivity index (χ2v) is 6.74. The minimum Gasteiger partial charge on any atom is -0.383 e. The smallest absolute Gasteiger partial charge is 0.276 e. The van der Waals surface area contributed by atoms with Gasteiger partial charge < -0.3 is 19.1 Å². The highest BCUT2D eigenvalue weighted by molar-refractivity contribution is 5.93. The van der Waals surface area contributed by atoms with Gasteiger partial charge in [-0.2, -0.15) is 0 Å². The molecule has 1 aliphatic carbocycles. The molecule has 2 aliphatic heterocycles. The maximum Gasteiger partial charge on any atom is 0.276 e. The Morgan fingerprint density at radius 1 is 1.39 bits per heavy atom. The Balaban J connectivity index is 1.39. The number of rotatable bonds is 5. The van der Waals surface area contributed by atoms with Crippen molar-refractivity contribution in [3.8, 4) is 0 Å². The minimum absolute atomic E-state index is 0.0781. The topological polar surface area (TPSA) is 75.9 Å². The molecule has 0 spiro atoms. The summed E-state index contributed by atoms with van der Waals surface area (Å²) in [5.41, 5.74) is 0.371. The van der Waals surface area contributed by atoms with Crippen LogP contribution in [0.3, 0.4) is 0 Å². The monoisotopic (exact) mass is 319 g/mol. The molecule has 7 nitrogen and oxygen atoms in total. The Morgan fingerprint density at radius 3 is 2.91 bits per heavy atom. The van der Waals surface area contributed by atoms with Crippen LogP contribution < -0.4 is 0 Å². The van der Waals surface area contributed by atoms with Crippen LogP contribution >= 0.6 is 0 Å². The Kier molecular flexibility index (Phi) is 3.60. The van der Waals surface area contributed by atoms with Crippen LogP contribution in [0.4, 0.5) is 0 Å². The number of aromatic nitrogens is 1. The number of amides is 2. The molecule has 0 bridgehead atoms. The molecule has 3 aliphatic rings. The summed E-state index contributed by atoms with van der Waals surface area (Å²) in [4.78, 5) is 28.5. The molecule has 3 fully saturated rings. The van der Waals surface area contributed by atoms with E-state index in [1.165, 1.54) is 0 Å². The van der Waals surface area contributed by atoms with E-state index in [4.69, 9.17) is 9.26 Å². The average Bonchev–Trinajstić information content (AvgIpc) is 3.03. The zero-order valence-corrected chi connectivity index (χ0v) is 13.2. The number of nitrogens with zero attached hydrogens (tertiary/aromatic N) is 3. The van der Waals surface area contributed by atoms with Gasteiger partial charge in [0.05, 0.1) is 12.5 Å². The highest BCUT2D eigenvalue weighted by atomic mass is 16.5. The summed E-state index contributed by atoms with van der Waals surface area (Å²) in [6, 6.07) is 1.76. The first kappa shape index (κ1) is 14.7. The summed E-state index contributed by atoms with van der Waals surface area (Å²) in [5, 5.41) is 3.91. The number of fused-ring (bicyclic) bond motifs is 1. The molecule has 0 unspecified atom stereocenters. The van der Waals surface area contributed by atoms with Crippen LogP contribution in [-0.2, 0) is 9.53 Å². The summed E-state index contributed by atoms with van der Waals surface area (Å²) < 4.78 is 10.3. The first-order valence-electron chi connectivity index (χ1n) is 8.21. The lowest BCUT2D eigenvalue weighted by Gasteiger charge is -2.20. The van der Waals surface area contributed by atoms with Crippen molar-refractivity contribution in [2.45, 2.75) is 18.8 Å². The highest BCUT2D eigenvalue weighted by Gasteiger charge is 2.47. The molecule has 1 aromatic rings. The van der Waals surface area contributed by atoms with Crippen molar-refractivity contribution in [1.29, 1.82) is 0 Å². The van der Waals surface area contributed by atoms with E-state index < -0.39 is 0 Å². The van der Waals surface area contributed by atoms with Crippen molar-refractivity contribution in [1.82, 2.24) is 15.0 Å². The minimum atomic E-state index is -0.119. The molecule has 124 valence electrons. The number of carbonyl (C=O) groups is 2. The molecule has 1 aromatic heterocycles. The van der Waals surface area contributed by atoms with Crippen molar-refractivity contribution in [2.75, 3.05) is 39.9 Å². The van der Waals surface area contributed by atoms with Crippen molar-refractivity contribution in [3.63, 3.8) is 0 Å². The summed E-state index contributed by atoms with van der Waals surface area (Å²) in [7, 11) is 1.63. The molecule has 0 radical (unpaired) electrons. The third-order valence-electron chi connectivity index (χ3n) is 5.10. The van der Waals surface area contributed by atoms with Gasteiger partial charge in [-0.1, -0.05) is 5.16 Å². The fraction of sp³-hybridized carbons (Fsp3) is 0.688. The molecule has 3 heterocycles. The van der Waals surface area contributed by atoms with Gasteiger partial charge in [0.2, 0.25) is 5.91 Å². The molecule has 1 saturated carbocycles. The predicted molar refractivity (Wildman–Crippen MR) is 79.8 cm³/mol. The first-order chi connectivity index (χ1) is 11.2. The third-order valence-corrected chi connectivity index (χ3v) is 5.10. The number of carbonyl (C=O) groups excluding carboxylic acids is 2. The fourth-order valence-corrected chi connectivity index (χ4v) is 3.62. The molecule has 4 rings (SSSR count). The number of likely N-dealkylation sites (tertiary alicyclic amines) is 2. The molecule has 2 amide bonds. The van der Waals surface area contributed by atoms with Gasteiger partial charge in [0.25, 0.3) is 5.91 Å². The van der Waals surface area contributed by atoms with Crippen molar-refractivity contribution in [2.24, 2.45) is 11.8 Å². The van der Waals surface area contributed by atoms with E-state index in [1.54, 1.807) is 18.1 Å². The van der Waals surface area contributed by atoms with Gasteiger partial charge in [0.1, 0.15) is 5.76 Å². The van der Waals surface area contributed by atoms with Gasteiger partial charge in [-0.05, 0) is 12.8 Å². The van der Waals surface area contributed by atoms with Crippen molar-refractivity contribution >= 4 is 11.8 Å². The maximum absolute atomic E-state index is 12.6. The van der Waals surface area contributed by atoms with Gasteiger partial charge >= 0.3 is 0 Å². The van der Waals surface area contributed by atoms with E-state index in [1.807, 2.05) is 4.90 Å². The molecule has 23 heavy (non-hydrogen) atoms. The zero-order chi connectivity index (χ0) is 16.0. The largest absolute Gasteiger partial charge is 0.383 e. The van der Waals surface area contributed by atoms with E-state index in [-0.39, 0.29) is 23.7 Å². The number of methoxy groups -OCH3 is 1. The van der Waals surface area contributed by atoms with E-state index in [0.717, 1.165) is 18.6 Å². The number of hydrogen-bond donors (Lipinski definition) is 0. The SMILES string of the molecule is COCCN1C[C@@H]2CN(C(=O)c3cc(C4CC4)on3)C[C@@H]2C1=O. The molecule has 7 heteroatoms. The molecule has 0 N–H and O–H groups in total. The van der Waals surface area contributed by atoms with Crippen LogP contribution in [0, 0.1) is 11.8 Å². The lowest BCUT2D eigenvalue weighted by Crippen LogP contribution is -2.37. The van der Waals surface area contributed by atoms with Gasteiger partial charge in [0.15, 0.2) is 5.69 Å². The van der Waals surface area contributed by atoms with E-state index >= 15 is 0 Å². The molecular weight excluding hydrogens is 298 g/mol. The first-order valence-corrected chi connectivity index (χ1v) is 8.21. The second-order valence-electron chi connectivity index (χ2n) is 6.74. The van der Waals surface area contributed by atoms with Gasteiger partial charge in [0, 0.05) is 51.2 Å². The van der Waals surface area contributed by atoms with E-state index in [2.05, 4.69) is 5.16 Å². The standard InChI is InChI=1S/C16H21N3O4/c1-22-5-4-18-7-11-8-19(9-12(11)15(18)20)16(21)13-6-14(23-17-13)10-2-3-10/h6,10-12H,2-5,7-9H2,1H3/t11-,12+/m1/s1. The summed E-state index contributed by atoms with van der Waals surface area (Å²) >= 11 is 0. The highest BCUT2D eigenvalue weighted by Crippen LogP contribution is 2.40. The maximum atomic E-state index is 12.6. The lowest BCUT2D eigenvalue weighted by molar-refractivity contribution is -0.131. The molecule has 2 atom stereocenters. The van der Waals surface area contributed by atoms with Crippen LogP contribution in [0.2, 0.25) is 0 Å².